The lowest BCUT2D eigenvalue weighted by molar-refractivity contribution is -0.125. The number of likely N-dealkylation sites (tertiary alicyclic amines) is 1. The maximum atomic E-state index is 11.7. The van der Waals surface area contributed by atoms with Gasteiger partial charge in [0, 0.05) is 19.6 Å². The minimum absolute atomic E-state index is 0.151. The van der Waals surface area contributed by atoms with Crippen LogP contribution >= 0.6 is 0 Å². The highest BCUT2D eigenvalue weighted by atomic mass is 16.2. The fourth-order valence-electron chi connectivity index (χ4n) is 2.51. The molecule has 3 amide bonds. The third-order valence-corrected chi connectivity index (χ3v) is 3.35. The van der Waals surface area contributed by atoms with Crippen molar-refractivity contribution in [3.05, 3.63) is 0 Å². The summed E-state index contributed by atoms with van der Waals surface area (Å²) in [5.74, 6) is 0.489. The Labute approximate surface area is 95.6 Å². The van der Waals surface area contributed by atoms with Gasteiger partial charge < -0.3 is 10.2 Å². The maximum Gasteiger partial charge on any atom is 0.322 e. The highest BCUT2D eigenvalue weighted by molar-refractivity contribution is 6.07. The van der Waals surface area contributed by atoms with Crippen molar-refractivity contribution >= 4 is 11.9 Å². The molecule has 0 saturated carbocycles. The van der Waals surface area contributed by atoms with E-state index in [0.29, 0.717) is 5.92 Å². The van der Waals surface area contributed by atoms with Gasteiger partial charge in [0.1, 0.15) is 5.54 Å². The Morgan fingerprint density at radius 3 is 2.38 bits per heavy atom. The Balaban J connectivity index is 1.94. The van der Waals surface area contributed by atoms with Gasteiger partial charge in [-0.2, -0.15) is 0 Å². The summed E-state index contributed by atoms with van der Waals surface area (Å²) in [5, 5.41) is 5.09. The van der Waals surface area contributed by atoms with Gasteiger partial charge in [-0.1, -0.05) is 13.8 Å². The fourth-order valence-corrected chi connectivity index (χ4v) is 2.51. The normalized spacial score (nSPS) is 24.9. The highest BCUT2D eigenvalue weighted by Crippen LogP contribution is 2.25. The van der Waals surface area contributed by atoms with Gasteiger partial charge in [-0.05, 0) is 18.8 Å². The molecule has 5 nitrogen and oxygen atoms in total. The van der Waals surface area contributed by atoms with Crippen LogP contribution in [0.15, 0.2) is 0 Å². The van der Waals surface area contributed by atoms with Crippen molar-refractivity contribution in [2.75, 3.05) is 19.6 Å². The van der Waals surface area contributed by atoms with Gasteiger partial charge in [0.15, 0.2) is 0 Å². The minimum Gasteiger partial charge on any atom is -0.323 e. The molecular formula is C11H19N3O2. The summed E-state index contributed by atoms with van der Waals surface area (Å²) in [6.07, 6.45) is 1.44. The van der Waals surface area contributed by atoms with Gasteiger partial charge in [-0.3, -0.25) is 10.1 Å². The average molecular weight is 225 g/mol. The van der Waals surface area contributed by atoms with Crippen molar-refractivity contribution in [1.29, 1.82) is 0 Å². The molecule has 0 atom stereocenters. The molecule has 2 heterocycles. The van der Waals surface area contributed by atoms with Crippen molar-refractivity contribution < 1.29 is 9.59 Å². The second kappa shape index (κ2) is 4.05. The van der Waals surface area contributed by atoms with Crippen molar-refractivity contribution in [2.45, 2.75) is 32.2 Å². The number of nitrogens with one attached hydrogen (secondary N) is 2. The number of urea groups is 1. The molecular weight excluding hydrogens is 206 g/mol. The Morgan fingerprint density at radius 2 is 1.94 bits per heavy atom. The lowest BCUT2D eigenvalue weighted by atomic mass is 9.87. The number of hydrogen-bond donors (Lipinski definition) is 2. The van der Waals surface area contributed by atoms with E-state index in [1.807, 2.05) is 0 Å². The van der Waals surface area contributed by atoms with Gasteiger partial charge in [-0.15, -0.1) is 0 Å². The third kappa shape index (κ3) is 2.04. The fraction of sp³-hybridized carbons (Fsp3) is 0.818. The molecule has 90 valence electrons. The molecule has 2 N–H and O–H groups in total. The van der Waals surface area contributed by atoms with Crippen molar-refractivity contribution in [1.82, 2.24) is 15.5 Å². The maximum absolute atomic E-state index is 11.7. The smallest absolute Gasteiger partial charge is 0.322 e. The second-order valence-corrected chi connectivity index (χ2v) is 5.18. The van der Waals surface area contributed by atoms with E-state index >= 15 is 0 Å². The van der Waals surface area contributed by atoms with Crippen LogP contribution in [0.4, 0.5) is 4.79 Å². The predicted molar refractivity (Wildman–Crippen MR) is 59.9 cm³/mol. The standard InChI is InChI=1S/C11H19N3O2/c1-8(2)7-14-5-3-11(4-6-14)9(15)12-10(16)13-11/h8H,3-7H2,1-2H3,(H2,12,13,15,16). The molecule has 1 spiro atoms. The molecule has 2 saturated heterocycles. The van der Waals surface area contributed by atoms with E-state index in [1.54, 1.807) is 0 Å². The Kier molecular flexibility index (Phi) is 2.88. The molecule has 16 heavy (non-hydrogen) atoms. The van der Waals surface area contributed by atoms with Crippen molar-refractivity contribution in [3.63, 3.8) is 0 Å². The predicted octanol–water partition coefficient (Wildman–Crippen LogP) is 0.316. The first-order chi connectivity index (χ1) is 7.52. The lowest BCUT2D eigenvalue weighted by Crippen LogP contribution is -2.55. The van der Waals surface area contributed by atoms with Crippen LogP contribution in [0.5, 0.6) is 0 Å². The number of amides is 3. The van der Waals surface area contributed by atoms with E-state index in [0.717, 1.165) is 32.5 Å². The number of piperidine rings is 1. The van der Waals surface area contributed by atoms with Gasteiger partial charge in [0.2, 0.25) is 0 Å². The summed E-state index contributed by atoms with van der Waals surface area (Å²) in [4.78, 5) is 25.2. The third-order valence-electron chi connectivity index (χ3n) is 3.35. The summed E-state index contributed by atoms with van der Waals surface area (Å²) in [6, 6.07) is -0.345. The second-order valence-electron chi connectivity index (χ2n) is 5.18. The minimum atomic E-state index is -0.620. The Morgan fingerprint density at radius 1 is 1.31 bits per heavy atom. The molecule has 5 heteroatoms. The van der Waals surface area contributed by atoms with Crippen LogP contribution in [0.1, 0.15) is 26.7 Å². The summed E-state index contributed by atoms with van der Waals surface area (Å²) >= 11 is 0. The molecule has 2 rings (SSSR count). The van der Waals surface area contributed by atoms with E-state index in [2.05, 4.69) is 29.4 Å². The molecule has 0 bridgehead atoms. The quantitative estimate of drug-likeness (QED) is 0.665. The number of hydrogen-bond acceptors (Lipinski definition) is 3. The Bertz CT molecular complexity index is 306. The summed E-state index contributed by atoms with van der Waals surface area (Å²) in [7, 11) is 0. The van der Waals surface area contributed by atoms with Crippen LogP contribution in [0, 0.1) is 5.92 Å². The number of carbonyl (C=O) groups is 2. The molecule has 0 aromatic rings. The highest BCUT2D eigenvalue weighted by Gasteiger charge is 2.47. The SMILES string of the molecule is CC(C)CN1CCC2(CC1)NC(=O)NC2=O. The first-order valence-corrected chi connectivity index (χ1v) is 5.88. The molecule has 2 fully saturated rings. The molecule has 0 aromatic heterocycles. The first kappa shape index (κ1) is 11.4. The average Bonchev–Trinajstić information content (AvgIpc) is 2.45. The molecule has 2 aliphatic rings. The number of rotatable bonds is 2. The van der Waals surface area contributed by atoms with E-state index in [9.17, 15) is 9.59 Å². The van der Waals surface area contributed by atoms with Gasteiger partial charge in [0.25, 0.3) is 5.91 Å². The van der Waals surface area contributed by atoms with Crippen LogP contribution in [-0.4, -0.2) is 42.0 Å². The summed E-state index contributed by atoms with van der Waals surface area (Å²) < 4.78 is 0. The van der Waals surface area contributed by atoms with Crippen LogP contribution in [0.3, 0.4) is 0 Å². The Hall–Kier alpha value is -1.10. The zero-order chi connectivity index (χ0) is 11.8. The monoisotopic (exact) mass is 225 g/mol. The zero-order valence-electron chi connectivity index (χ0n) is 9.88. The first-order valence-electron chi connectivity index (χ1n) is 5.88. The molecule has 0 aromatic carbocycles. The van der Waals surface area contributed by atoms with Crippen LogP contribution in [0.25, 0.3) is 0 Å². The van der Waals surface area contributed by atoms with Gasteiger partial charge in [0.05, 0.1) is 0 Å². The van der Waals surface area contributed by atoms with Crippen molar-refractivity contribution in [2.24, 2.45) is 5.92 Å². The van der Waals surface area contributed by atoms with Crippen LogP contribution in [0.2, 0.25) is 0 Å². The molecule has 0 aliphatic carbocycles. The number of imide groups is 1. The van der Waals surface area contributed by atoms with E-state index < -0.39 is 5.54 Å². The lowest BCUT2D eigenvalue weighted by Gasteiger charge is -2.37. The number of nitrogens with zero attached hydrogens (tertiary/aromatic N) is 1. The number of carbonyl (C=O) groups excluding carboxylic acids is 2. The van der Waals surface area contributed by atoms with E-state index in [-0.39, 0.29) is 11.9 Å². The summed E-state index contributed by atoms with van der Waals surface area (Å²) in [5.41, 5.74) is -0.620. The van der Waals surface area contributed by atoms with E-state index in [1.165, 1.54) is 0 Å². The zero-order valence-corrected chi connectivity index (χ0v) is 9.88. The van der Waals surface area contributed by atoms with Crippen LogP contribution < -0.4 is 10.6 Å². The summed E-state index contributed by atoms with van der Waals surface area (Å²) in [6.45, 7) is 7.20. The van der Waals surface area contributed by atoms with E-state index in [4.69, 9.17) is 0 Å². The largest absolute Gasteiger partial charge is 0.323 e. The molecule has 2 aliphatic heterocycles. The van der Waals surface area contributed by atoms with Crippen LogP contribution in [-0.2, 0) is 4.79 Å². The van der Waals surface area contributed by atoms with Crippen molar-refractivity contribution in [3.8, 4) is 0 Å². The topological polar surface area (TPSA) is 61.4 Å². The molecule has 0 unspecified atom stereocenters. The van der Waals surface area contributed by atoms with Gasteiger partial charge in [-0.25, -0.2) is 4.79 Å². The molecule has 0 radical (unpaired) electrons. The van der Waals surface area contributed by atoms with Gasteiger partial charge >= 0.3 is 6.03 Å².